The molecule has 0 aliphatic heterocycles. The topological polar surface area (TPSA) is 183 Å². The number of unbranched alkanes of at least 4 members (excludes halogenated alkanes) is 3. The van der Waals surface area contributed by atoms with Crippen LogP contribution in [0.25, 0.3) is 33.6 Å². The van der Waals surface area contributed by atoms with E-state index in [1.165, 1.54) is 7.11 Å². The number of ether oxygens (including phenoxy) is 1. The van der Waals surface area contributed by atoms with Gasteiger partial charge in [-0.15, -0.1) is 0 Å². The number of nitrogens with one attached hydrogen (secondary N) is 6. The van der Waals surface area contributed by atoms with Gasteiger partial charge in [0, 0.05) is 37.0 Å². The molecule has 1 atom stereocenters. The molecule has 17 heteroatoms. The van der Waals surface area contributed by atoms with Crippen LogP contribution in [0.5, 0.6) is 0 Å². The number of hydrogen-bond donors (Lipinski definition) is 6. The Labute approximate surface area is 622 Å². The third kappa shape index (κ3) is 31.1. The predicted molar refractivity (Wildman–Crippen MR) is 247 cm³/mol. The van der Waals surface area contributed by atoms with E-state index in [-0.39, 0.29) is 323 Å². The van der Waals surface area contributed by atoms with Gasteiger partial charge in [-0.2, -0.15) is 12.8 Å². The molecule has 6 N–H and O–H groups in total. The fraction of sp³-hybridized carbons (Fsp3) is 0.383. The number of amides is 3. The van der Waals surface area contributed by atoms with Gasteiger partial charge in [0.15, 0.2) is 0 Å². The number of carbonyl (C=O) groups is 4. The molecule has 0 saturated carbocycles. The SMILES string of the molecule is COC(=O)NC(C=O)C(C)C.[CH2-]c1nc(-c2ccc(-c3ccc(-c4cnc([CH-]CCCNC)[nH]4)cc3)cc2)c(CCC(=O)NCCCC[CH-]C(=O)NCCC)[nH]1.[CH3-].[CH3-].[CH3-].[CH3-].[Cs+].[Cs+].[Cs+].[Cs+]. The molecule has 336 valence electrons. The number of rotatable bonds is 22. The van der Waals surface area contributed by atoms with Crippen molar-refractivity contribution in [2.24, 2.45) is 5.92 Å². The first-order chi connectivity index (χ1) is 27.1. The number of alkyl carbamates (subject to hydrolysis) is 1. The van der Waals surface area contributed by atoms with Gasteiger partial charge in [-0.3, -0.25) is 14.8 Å². The second kappa shape index (κ2) is 46.6. The standard InChI is InChI=1S/C36H46N7O2.C7H13NO3.4CH3.4Cs/c1-4-22-38-34(44)11-6-5-8-24-39-35(45)21-20-31-36(42-26(2)41-31)30-18-14-28(15-19-30)27-12-16-29(17-13-27)32-25-40-33(43-32)10-7-9-23-37-3;1-5(2)6(4-9)8-7(10)11-3;;;;;;;;/h10-19,25,37H,2,4-9,20-24H2,1,3H3,(H,38,44)(H,39,45)(H,40,43)(H,41,42);4-6H,1-3H3,(H,8,10);4*1H3;;;;/q-3;;4*-1;4*+1. The Morgan fingerprint density at radius 2 is 1.41 bits per heavy atom. The summed E-state index contributed by atoms with van der Waals surface area (Å²) >= 11 is 0. The van der Waals surface area contributed by atoms with Crippen molar-refractivity contribution in [2.75, 3.05) is 33.8 Å². The molecule has 2 aromatic carbocycles. The summed E-state index contributed by atoms with van der Waals surface area (Å²) in [5.74, 6) is 1.55. The molecule has 3 amide bonds. The maximum absolute atomic E-state index is 12.5. The summed E-state index contributed by atoms with van der Waals surface area (Å²) in [6.07, 6.45) is 12.1. The molecule has 0 spiro atoms. The number of H-pyrrole nitrogens is 2. The van der Waals surface area contributed by atoms with E-state index in [0.717, 1.165) is 83.8 Å². The molecule has 0 aliphatic carbocycles. The first-order valence-corrected chi connectivity index (χ1v) is 19.4. The second-order valence-corrected chi connectivity index (χ2v) is 13.7. The Kier molecular flexibility index (Phi) is 56.7. The summed E-state index contributed by atoms with van der Waals surface area (Å²) in [5.41, 5.74) is 7.03. The molecule has 13 nitrogen and oxygen atoms in total. The van der Waals surface area contributed by atoms with Crippen LogP contribution in [0.15, 0.2) is 54.7 Å². The largest absolute Gasteiger partial charge is 1.00 e. The summed E-state index contributed by atoms with van der Waals surface area (Å²) in [7, 11) is 3.23. The van der Waals surface area contributed by atoms with Gasteiger partial charge in [-0.25, -0.2) is 4.79 Å². The fourth-order valence-corrected chi connectivity index (χ4v) is 5.58. The van der Waals surface area contributed by atoms with E-state index in [1.54, 1.807) is 6.42 Å². The van der Waals surface area contributed by atoms with Crippen LogP contribution in [0.1, 0.15) is 83.1 Å². The quantitative estimate of drug-likeness (QED) is 0.0264. The number of nitrogens with zero attached hydrogens (tertiary/aromatic N) is 2. The van der Waals surface area contributed by atoms with Gasteiger partial charge in [0.2, 0.25) is 5.91 Å². The van der Waals surface area contributed by atoms with Gasteiger partial charge in [0.25, 0.3) is 0 Å². The molecule has 2 heterocycles. The summed E-state index contributed by atoms with van der Waals surface area (Å²) < 4.78 is 4.32. The van der Waals surface area contributed by atoms with Crippen molar-refractivity contribution in [1.29, 1.82) is 0 Å². The summed E-state index contributed by atoms with van der Waals surface area (Å²) in [6, 6.07) is 16.3. The number of carbonyl (C=O) groups excluding carboxylic acids is 4. The normalized spacial score (nSPS) is 9.78. The van der Waals surface area contributed by atoms with Crippen LogP contribution in [0, 0.1) is 55.4 Å². The molecule has 0 aliphatic rings. The number of imidazole rings is 2. The Hall–Kier alpha value is 2.52. The average molecular weight is 1360 g/mol. The van der Waals surface area contributed by atoms with Crippen LogP contribution < -0.4 is 297 Å². The van der Waals surface area contributed by atoms with Crippen molar-refractivity contribution < 1.29 is 299 Å². The smallest absolute Gasteiger partial charge is 0.453 e. The van der Waals surface area contributed by atoms with Crippen molar-refractivity contribution in [3.8, 4) is 33.6 Å². The number of aromatic amines is 2. The zero-order valence-corrected chi connectivity index (χ0v) is 66.6. The average Bonchev–Trinajstić information content (AvgIpc) is 3.84. The molecule has 4 rings (SSSR count). The van der Waals surface area contributed by atoms with E-state index in [1.807, 2.05) is 34.0 Å². The van der Waals surface area contributed by atoms with Crippen molar-refractivity contribution in [3.63, 3.8) is 0 Å². The maximum Gasteiger partial charge on any atom is 1.00 e. The molecule has 0 fully saturated rings. The van der Waals surface area contributed by atoms with E-state index < -0.39 is 12.1 Å². The molecule has 0 saturated heterocycles. The second-order valence-electron chi connectivity index (χ2n) is 13.7. The zero-order chi connectivity index (χ0) is 40.7. The Bertz CT molecular complexity index is 1790. The third-order valence-electron chi connectivity index (χ3n) is 8.85. The predicted octanol–water partition coefficient (Wildman–Crippen LogP) is -3.80. The number of aromatic nitrogens is 4. The van der Waals surface area contributed by atoms with E-state index >= 15 is 0 Å². The van der Waals surface area contributed by atoms with Crippen molar-refractivity contribution in [1.82, 2.24) is 41.2 Å². The van der Waals surface area contributed by atoms with Gasteiger partial charge in [0.05, 0.1) is 30.4 Å². The van der Waals surface area contributed by atoms with Crippen LogP contribution in [0.4, 0.5) is 4.79 Å². The fourth-order valence-electron chi connectivity index (χ4n) is 5.58. The Morgan fingerprint density at radius 1 is 0.812 bits per heavy atom. The van der Waals surface area contributed by atoms with Gasteiger partial charge in [0.1, 0.15) is 6.29 Å². The van der Waals surface area contributed by atoms with Gasteiger partial charge in [-0.1, -0.05) is 82.1 Å². The van der Waals surface area contributed by atoms with Gasteiger partial charge >= 0.3 is 282 Å². The minimum absolute atomic E-state index is 0. The molecule has 64 heavy (non-hydrogen) atoms. The molecular formula is C47H71Cs4N8O5-3. The number of aldehydes is 1. The van der Waals surface area contributed by atoms with Crippen molar-refractivity contribution in [3.05, 3.63) is 122 Å². The summed E-state index contributed by atoms with van der Waals surface area (Å²) in [4.78, 5) is 60.8. The molecule has 1 unspecified atom stereocenters. The van der Waals surface area contributed by atoms with Crippen LogP contribution in [-0.2, 0) is 25.5 Å². The van der Waals surface area contributed by atoms with Crippen LogP contribution in [-0.4, -0.2) is 84.0 Å². The molecule has 4 aromatic rings. The zero-order valence-electron chi connectivity index (χ0n) is 41.5. The minimum Gasteiger partial charge on any atom is -0.453 e. The molecule has 0 radical (unpaired) electrons. The van der Waals surface area contributed by atoms with Crippen LogP contribution in [0.2, 0.25) is 0 Å². The van der Waals surface area contributed by atoms with Crippen LogP contribution >= 0.6 is 0 Å². The molecule has 0 bridgehead atoms. The van der Waals surface area contributed by atoms with Gasteiger partial charge in [-0.05, 0) is 67.1 Å². The number of benzene rings is 2. The monoisotopic (exact) mass is 1360 g/mol. The minimum atomic E-state index is -0.573. The molecule has 2 aromatic heterocycles. The van der Waals surface area contributed by atoms with Crippen molar-refractivity contribution in [2.45, 2.75) is 78.2 Å². The van der Waals surface area contributed by atoms with Gasteiger partial charge < -0.3 is 95.0 Å². The summed E-state index contributed by atoms with van der Waals surface area (Å²) in [5, 5.41) is 11.4. The van der Waals surface area contributed by atoms with E-state index in [0.29, 0.717) is 44.5 Å². The number of methoxy groups -OCH3 is 1. The first-order valence-electron chi connectivity index (χ1n) is 19.4. The van der Waals surface area contributed by atoms with E-state index in [4.69, 9.17) is 0 Å². The Balaban J connectivity index is -0.000000394. The Morgan fingerprint density at radius 3 is 1.95 bits per heavy atom. The summed E-state index contributed by atoms with van der Waals surface area (Å²) in [6.45, 7) is 12.0. The first kappa shape index (κ1) is 78.0. The molecular weight excluding hydrogens is 1290 g/mol. The maximum atomic E-state index is 12.5. The van der Waals surface area contributed by atoms with Crippen LogP contribution in [0.3, 0.4) is 0 Å². The van der Waals surface area contributed by atoms with E-state index in [9.17, 15) is 19.2 Å². The number of hydrogen-bond acceptors (Lipinski definition) is 8. The third-order valence-corrected chi connectivity index (χ3v) is 8.85. The van der Waals surface area contributed by atoms with Crippen molar-refractivity contribution >= 4 is 24.2 Å². The number of aryl methyl sites for hydroxylation is 1. The van der Waals surface area contributed by atoms with E-state index in [2.05, 4.69) is 108 Å².